The van der Waals surface area contributed by atoms with Crippen molar-refractivity contribution in [1.29, 1.82) is 10.8 Å². The number of anilines is 1. The molecule has 1 aromatic heterocycles. The number of nitrogens with one attached hydrogen (secondary N) is 3. The third-order valence-electron chi connectivity index (χ3n) is 2.50. The number of benzene rings is 1. The van der Waals surface area contributed by atoms with Crippen LogP contribution in [0.5, 0.6) is 0 Å². The molecule has 0 spiro atoms. The predicted octanol–water partition coefficient (Wildman–Crippen LogP) is 3.60. The monoisotopic (exact) mass is 285 g/mol. The molecule has 0 fully saturated rings. The fourth-order valence-corrected chi connectivity index (χ4v) is 2.19. The minimum atomic E-state index is -0.404. The Morgan fingerprint density at radius 3 is 2.95 bits per heavy atom. The molecule has 6 nitrogen and oxygen atoms in total. The highest BCUT2D eigenvalue weighted by Gasteiger charge is 2.07. The summed E-state index contributed by atoms with van der Waals surface area (Å²) in [5, 5.41) is 19.4. The zero-order valence-corrected chi connectivity index (χ0v) is 11.2. The number of carbonyl (C=O) groups is 1. The van der Waals surface area contributed by atoms with E-state index in [2.05, 4.69) is 15.7 Å². The summed E-state index contributed by atoms with van der Waals surface area (Å²) in [5.41, 5.74) is 8.08. The molecule has 0 aliphatic heterocycles. The van der Waals surface area contributed by atoms with Gasteiger partial charge in [0.15, 0.2) is 0 Å². The van der Waals surface area contributed by atoms with Gasteiger partial charge in [0.2, 0.25) is 0 Å². The maximum atomic E-state index is 11.8. The molecule has 2 aromatic rings. The van der Waals surface area contributed by atoms with Crippen molar-refractivity contribution in [1.82, 2.24) is 5.32 Å². The average Bonchev–Trinajstić information content (AvgIpc) is 2.98. The van der Waals surface area contributed by atoms with Crippen LogP contribution in [-0.4, -0.2) is 6.03 Å². The van der Waals surface area contributed by atoms with E-state index in [-0.39, 0.29) is 0 Å². The highest BCUT2D eigenvalue weighted by Crippen LogP contribution is 2.25. The lowest BCUT2D eigenvalue weighted by molar-refractivity contribution is 0.252. The second kappa shape index (κ2) is 6.45. The van der Waals surface area contributed by atoms with Crippen LogP contribution < -0.4 is 10.6 Å². The molecule has 0 saturated heterocycles. The van der Waals surface area contributed by atoms with Crippen LogP contribution in [0.3, 0.4) is 0 Å². The van der Waals surface area contributed by atoms with Crippen molar-refractivity contribution in [2.24, 2.45) is 5.11 Å². The highest BCUT2D eigenvalue weighted by molar-refractivity contribution is 7.09. The van der Waals surface area contributed by atoms with Crippen molar-refractivity contribution >= 4 is 28.7 Å². The largest absolute Gasteiger partial charge is 0.333 e. The van der Waals surface area contributed by atoms with Gasteiger partial charge in [0.05, 0.1) is 23.9 Å². The van der Waals surface area contributed by atoms with E-state index in [1.165, 1.54) is 12.1 Å². The van der Waals surface area contributed by atoms with Crippen molar-refractivity contribution in [3.05, 3.63) is 46.2 Å². The van der Waals surface area contributed by atoms with Crippen molar-refractivity contribution in [3.8, 4) is 6.07 Å². The molecule has 100 valence electrons. The molecule has 1 aromatic carbocycles. The van der Waals surface area contributed by atoms with Gasteiger partial charge in [0.1, 0.15) is 5.69 Å². The number of thiophene rings is 1. The lowest BCUT2D eigenvalue weighted by Crippen LogP contribution is -2.27. The molecule has 0 saturated carbocycles. The predicted molar refractivity (Wildman–Crippen MR) is 76.1 cm³/mol. The molecule has 3 N–H and O–H groups in total. The van der Waals surface area contributed by atoms with Gasteiger partial charge in [-0.3, -0.25) is 0 Å². The molecular formula is C13H11N5OS. The van der Waals surface area contributed by atoms with E-state index in [1.54, 1.807) is 17.4 Å². The van der Waals surface area contributed by atoms with Crippen molar-refractivity contribution in [3.63, 3.8) is 0 Å². The standard InChI is InChI=1S/C13H11N5OS/c14-7-9-3-4-11(18-15)12(6-9)17-13(19)16-8-10-2-1-5-20-10/h1-6,15H,8H2,(H2,16,17,19). The van der Waals surface area contributed by atoms with Crippen LogP contribution in [0, 0.1) is 16.9 Å². The van der Waals surface area contributed by atoms with Crippen molar-refractivity contribution in [2.75, 3.05) is 5.32 Å². The number of amides is 2. The van der Waals surface area contributed by atoms with E-state index in [4.69, 9.17) is 10.8 Å². The van der Waals surface area contributed by atoms with E-state index in [0.717, 1.165) is 4.88 Å². The summed E-state index contributed by atoms with van der Waals surface area (Å²) in [6.07, 6.45) is 0. The number of nitriles is 1. The van der Waals surface area contributed by atoms with Crippen LogP contribution in [0.4, 0.5) is 16.2 Å². The smallest absolute Gasteiger partial charge is 0.319 e. The van der Waals surface area contributed by atoms with Crippen molar-refractivity contribution < 1.29 is 4.79 Å². The molecule has 20 heavy (non-hydrogen) atoms. The SMILES string of the molecule is N#Cc1ccc(N=N)c(NC(=O)NCc2cccs2)c1. The maximum Gasteiger partial charge on any atom is 0.319 e. The van der Waals surface area contributed by atoms with Gasteiger partial charge in [0, 0.05) is 4.88 Å². The molecule has 1 heterocycles. The summed E-state index contributed by atoms with van der Waals surface area (Å²) in [6.45, 7) is 0.425. The maximum absolute atomic E-state index is 11.8. The molecule has 2 rings (SSSR count). The van der Waals surface area contributed by atoms with Gasteiger partial charge >= 0.3 is 6.03 Å². The van der Waals surface area contributed by atoms with Crippen LogP contribution in [0.15, 0.2) is 40.8 Å². The summed E-state index contributed by atoms with van der Waals surface area (Å²) < 4.78 is 0. The first-order chi connectivity index (χ1) is 9.72. The van der Waals surface area contributed by atoms with Gasteiger partial charge in [-0.05, 0) is 29.6 Å². The van der Waals surface area contributed by atoms with Gasteiger partial charge in [-0.25, -0.2) is 10.3 Å². The molecule has 0 bridgehead atoms. The molecule has 0 aliphatic carbocycles. The molecular weight excluding hydrogens is 274 g/mol. The van der Waals surface area contributed by atoms with Gasteiger partial charge in [-0.15, -0.1) is 11.3 Å². The lowest BCUT2D eigenvalue weighted by Gasteiger charge is -2.08. The van der Waals surface area contributed by atoms with Crippen LogP contribution in [0.1, 0.15) is 10.4 Å². The average molecular weight is 285 g/mol. The Balaban J connectivity index is 2.03. The Hall–Kier alpha value is -2.72. The number of hydrogen-bond donors (Lipinski definition) is 3. The van der Waals surface area contributed by atoms with E-state index < -0.39 is 6.03 Å². The first kappa shape index (κ1) is 13.7. The Morgan fingerprint density at radius 1 is 1.45 bits per heavy atom. The molecule has 0 atom stereocenters. The number of nitrogens with zero attached hydrogens (tertiary/aromatic N) is 2. The third kappa shape index (κ3) is 3.40. The third-order valence-corrected chi connectivity index (χ3v) is 3.37. The summed E-state index contributed by atoms with van der Waals surface area (Å²) in [6, 6.07) is 9.94. The Labute approximate surface area is 119 Å². The normalized spacial score (nSPS) is 9.55. The van der Waals surface area contributed by atoms with Gasteiger partial charge in [0.25, 0.3) is 0 Å². The Bertz CT molecular complexity index is 660. The first-order valence-corrected chi connectivity index (χ1v) is 6.59. The van der Waals surface area contributed by atoms with Crippen LogP contribution in [0.25, 0.3) is 0 Å². The fraction of sp³-hybridized carbons (Fsp3) is 0.0769. The van der Waals surface area contributed by atoms with Gasteiger partial charge in [-0.1, -0.05) is 6.07 Å². The number of rotatable bonds is 4. The Morgan fingerprint density at radius 2 is 2.30 bits per heavy atom. The summed E-state index contributed by atoms with van der Waals surface area (Å²) >= 11 is 1.55. The summed E-state index contributed by atoms with van der Waals surface area (Å²) in [7, 11) is 0. The van der Waals surface area contributed by atoms with Crippen LogP contribution in [0.2, 0.25) is 0 Å². The second-order valence-corrected chi connectivity index (χ2v) is 4.87. The first-order valence-electron chi connectivity index (χ1n) is 5.72. The number of hydrogen-bond acceptors (Lipinski definition) is 5. The number of urea groups is 1. The molecule has 7 heteroatoms. The summed E-state index contributed by atoms with van der Waals surface area (Å²) in [4.78, 5) is 12.8. The molecule has 0 aliphatic rings. The van der Waals surface area contributed by atoms with Crippen LogP contribution >= 0.6 is 11.3 Å². The van der Waals surface area contributed by atoms with E-state index >= 15 is 0 Å². The molecule has 0 unspecified atom stereocenters. The van der Waals surface area contributed by atoms with Crippen LogP contribution in [-0.2, 0) is 6.54 Å². The van der Waals surface area contributed by atoms with E-state index in [0.29, 0.717) is 23.5 Å². The molecule has 0 radical (unpaired) electrons. The number of carbonyl (C=O) groups excluding carboxylic acids is 1. The topological polar surface area (TPSA) is 101 Å². The van der Waals surface area contributed by atoms with Crippen molar-refractivity contribution in [2.45, 2.75) is 6.54 Å². The zero-order valence-electron chi connectivity index (χ0n) is 10.4. The van der Waals surface area contributed by atoms with E-state index in [9.17, 15) is 4.79 Å². The highest BCUT2D eigenvalue weighted by atomic mass is 32.1. The zero-order chi connectivity index (χ0) is 14.4. The van der Waals surface area contributed by atoms with E-state index in [1.807, 2.05) is 23.6 Å². The molecule has 2 amide bonds. The van der Waals surface area contributed by atoms with Gasteiger partial charge in [-0.2, -0.15) is 10.4 Å². The lowest BCUT2D eigenvalue weighted by atomic mass is 10.2. The second-order valence-electron chi connectivity index (χ2n) is 3.84. The minimum Gasteiger partial charge on any atom is -0.333 e. The van der Waals surface area contributed by atoms with Gasteiger partial charge < -0.3 is 10.6 Å². The summed E-state index contributed by atoms with van der Waals surface area (Å²) in [5.74, 6) is 0. The Kier molecular flexibility index (Phi) is 4.42. The quantitative estimate of drug-likeness (QED) is 0.747. The fourth-order valence-electron chi connectivity index (χ4n) is 1.55. The minimum absolute atomic E-state index is 0.301.